The van der Waals surface area contributed by atoms with Crippen LogP contribution < -0.4 is 5.32 Å². The number of halogens is 1. The van der Waals surface area contributed by atoms with E-state index in [0.29, 0.717) is 36.2 Å². The van der Waals surface area contributed by atoms with Crippen LogP contribution in [0, 0.1) is 17.2 Å². The number of nitrogens with zero attached hydrogens (tertiary/aromatic N) is 2. The molecule has 2 aliphatic heterocycles. The summed E-state index contributed by atoms with van der Waals surface area (Å²) in [6, 6.07) is 9.49. The van der Waals surface area contributed by atoms with Gasteiger partial charge in [0.05, 0.1) is 17.4 Å². The Balaban J connectivity index is 0.00000208. The Morgan fingerprint density at radius 3 is 2.62 bits per heavy atom. The highest BCUT2D eigenvalue weighted by atomic mass is 35.5. The molecular formula is C17H24ClN3O2S. The second-order valence-electron chi connectivity index (χ2n) is 6.51. The summed E-state index contributed by atoms with van der Waals surface area (Å²) in [4.78, 5) is 0. The molecule has 2 aliphatic rings. The second kappa shape index (κ2) is 8.30. The summed E-state index contributed by atoms with van der Waals surface area (Å²) >= 11 is 0. The fourth-order valence-electron chi connectivity index (χ4n) is 3.70. The molecule has 0 radical (unpaired) electrons. The minimum atomic E-state index is -3.30. The summed E-state index contributed by atoms with van der Waals surface area (Å²) in [6.07, 6.45) is 4.33. The Bertz CT molecular complexity index is 688. The molecule has 2 heterocycles. The Morgan fingerprint density at radius 2 is 2.00 bits per heavy atom. The first kappa shape index (κ1) is 19.2. The van der Waals surface area contributed by atoms with Crippen LogP contribution in [0.15, 0.2) is 24.3 Å². The number of sulfonamides is 1. The number of piperidine rings is 1. The summed E-state index contributed by atoms with van der Waals surface area (Å²) in [5, 5.41) is 12.5. The molecule has 0 amide bonds. The molecule has 0 spiro atoms. The third-order valence-electron chi connectivity index (χ3n) is 4.96. The molecule has 2 saturated heterocycles. The molecule has 2 fully saturated rings. The molecular weight excluding hydrogens is 346 g/mol. The van der Waals surface area contributed by atoms with Gasteiger partial charge in [0, 0.05) is 19.1 Å². The third kappa shape index (κ3) is 4.48. The summed E-state index contributed by atoms with van der Waals surface area (Å²) in [6.45, 7) is 2.32. The Morgan fingerprint density at radius 1 is 1.25 bits per heavy atom. The summed E-state index contributed by atoms with van der Waals surface area (Å²) in [7, 11) is -3.30. The molecule has 0 aromatic heterocycles. The minimum absolute atomic E-state index is 0. The maximum atomic E-state index is 12.6. The lowest BCUT2D eigenvalue weighted by Gasteiger charge is -2.34. The lowest BCUT2D eigenvalue weighted by molar-refractivity contribution is 0.234. The predicted octanol–water partition coefficient (Wildman–Crippen LogP) is 2.27. The van der Waals surface area contributed by atoms with E-state index >= 15 is 0 Å². The van der Waals surface area contributed by atoms with Crippen LogP contribution in [0.4, 0.5) is 0 Å². The highest BCUT2D eigenvalue weighted by Crippen LogP contribution is 2.27. The zero-order valence-corrected chi connectivity index (χ0v) is 15.3. The van der Waals surface area contributed by atoms with Crippen molar-refractivity contribution in [3.05, 3.63) is 35.4 Å². The van der Waals surface area contributed by atoms with Crippen molar-refractivity contribution in [1.82, 2.24) is 9.62 Å². The third-order valence-corrected chi connectivity index (χ3v) is 6.81. The number of hydrogen-bond acceptors (Lipinski definition) is 4. The van der Waals surface area contributed by atoms with Crippen LogP contribution in [0.2, 0.25) is 0 Å². The van der Waals surface area contributed by atoms with Crippen molar-refractivity contribution < 1.29 is 8.42 Å². The average molecular weight is 370 g/mol. The lowest BCUT2D eigenvalue weighted by atomic mass is 9.89. The van der Waals surface area contributed by atoms with Gasteiger partial charge in [0.15, 0.2) is 0 Å². The van der Waals surface area contributed by atoms with Gasteiger partial charge in [-0.1, -0.05) is 12.1 Å². The van der Waals surface area contributed by atoms with E-state index in [2.05, 4.69) is 11.4 Å². The van der Waals surface area contributed by atoms with Crippen LogP contribution in [0.3, 0.4) is 0 Å². The van der Waals surface area contributed by atoms with Gasteiger partial charge in [-0.3, -0.25) is 0 Å². The Labute approximate surface area is 150 Å². The molecule has 0 bridgehead atoms. The van der Waals surface area contributed by atoms with E-state index in [9.17, 15) is 8.42 Å². The predicted molar refractivity (Wildman–Crippen MR) is 96.4 cm³/mol. The van der Waals surface area contributed by atoms with E-state index in [1.54, 1.807) is 28.6 Å². The fraction of sp³-hybridized carbons (Fsp3) is 0.588. The molecule has 0 aliphatic carbocycles. The van der Waals surface area contributed by atoms with Gasteiger partial charge >= 0.3 is 0 Å². The van der Waals surface area contributed by atoms with Gasteiger partial charge in [-0.15, -0.1) is 12.4 Å². The monoisotopic (exact) mass is 369 g/mol. The van der Waals surface area contributed by atoms with Gasteiger partial charge in [0.1, 0.15) is 0 Å². The Hall–Kier alpha value is -1.13. The molecule has 0 saturated carbocycles. The first-order valence-corrected chi connectivity index (χ1v) is 9.90. The van der Waals surface area contributed by atoms with Crippen LogP contribution in [-0.4, -0.2) is 38.4 Å². The smallest absolute Gasteiger partial charge is 0.218 e. The van der Waals surface area contributed by atoms with E-state index in [1.165, 1.54) is 12.8 Å². The maximum Gasteiger partial charge on any atom is 0.218 e. The van der Waals surface area contributed by atoms with E-state index in [1.807, 2.05) is 0 Å². The van der Waals surface area contributed by atoms with Crippen molar-refractivity contribution in [2.45, 2.75) is 37.5 Å². The molecule has 24 heavy (non-hydrogen) atoms. The van der Waals surface area contributed by atoms with Gasteiger partial charge < -0.3 is 5.32 Å². The largest absolute Gasteiger partial charge is 0.314 e. The topological polar surface area (TPSA) is 73.2 Å². The molecule has 7 heteroatoms. The van der Waals surface area contributed by atoms with Crippen molar-refractivity contribution in [2.75, 3.05) is 19.6 Å². The van der Waals surface area contributed by atoms with Crippen molar-refractivity contribution in [1.29, 1.82) is 5.26 Å². The summed E-state index contributed by atoms with van der Waals surface area (Å²) in [5.74, 6) is 0.584. The number of benzene rings is 1. The zero-order chi connectivity index (χ0) is 16.3. The quantitative estimate of drug-likeness (QED) is 0.883. The second-order valence-corrected chi connectivity index (χ2v) is 8.48. The molecule has 132 valence electrons. The number of rotatable bonds is 4. The van der Waals surface area contributed by atoms with Crippen LogP contribution >= 0.6 is 12.4 Å². The van der Waals surface area contributed by atoms with Gasteiger partial charge in [-0.2, -0.15) is 5.26 Å². The molecule has 1 unspecified atom stereocenters. The van der Waals surface area contributed by atoms with Crippen LogP contribution in [0.25, 0.3) is 0 Å². The van der Waals surface area contributed by atoms with Crippen LogP contribution in [0.1, 0.15) is 36.8 Å². The minimum Gasteiger partial charge on any atom is -0.314 e. The van der Waals surface area contributed by atoms with Crippen molar-refractivity contribution >= 4 is 22.4 Å². The standard InChI is InChI=1S/C17H23N3O2S.ClH/c18-12-14-3-1-4-15(11-14)13-23(21,22)20-9-6-16(7-10-20)17-5-2-8-19-17;/h1,3-4,11,16-17,19H,2,5-10,13H2;1H. The van der Waals surface area contributed by atoms with Crippen molar-refractivity contribution in [3.8, 4) is 6.07 Å². The molecule has 1 aromatic carbocycles. The molecule has 1 N–H and O–H groups in total. The molecule has 3 rings (SSSR count). The van der Waals surface area contributed by atoms with Gasteiger partial charge in [0.25, 0.3) is 0 Å². The van der Waals surface area contributed by atoms with E-state index in [0.717, 1.165) is 19.4 Å². The SMILES string of the molecule is Cl.N#Cc1cccc(CS(=O)(=O)N2CCC(C3CCCN3)CC2)c1. The van der Waals surface area contributed by atoms with Crippen LogP contribution in [0.5, 0.6) is 0 Å². The molecule has 1 atom stereocenters. The van der Waals surface area contributed by atoms with Crippen molar-refractivity contribution in [3.63, 3.8) is 0 Å². The first-order chi connectivity index (χ1) is 11.1. The molecule has 5 nitrogen and oxygen atoms in total. The number of nitriles is 1. The summed E-state index contributed by atoms with van der Waals surface area (Å²) < 4.78 is 26.8. The van der Waals surface area contributed by atoms with Gasteiger partial charge in [-0.25, -0.2) is 12.7 Å². The average Bonchev–Trinajstić information content (AvgIpc) is 3.09. The maximum absolute atomic E-state index is 12.6. The van der Waals surface area contributed by atoms with Gasteiger partial charge in [0.2, 0.25) is 10.0 Å². The van der Waals surface area contributed by atoms with E-state index < -0.39 is 10.0 Å². The van der Waals surface area contributed by atoms with Crippen LogP contribution in [-0.2, 0) is 15.8 Å². The lowest BCUT2D eigenvalue weighted by Crippen LogP contribution is -2.43. The Kier molecular flexibility index (Phi) is 6.64. The van der Waals surface area contributed by atoms with Crippen molar-refractivity contribution in [2.24, 2.45) is 5.92 Å². The van der Waals surface area contributed by atoms with E-state index in [-0.39, 0.29) is 18.2 Å². The normalized spacial score (nSPS) is 22.7. The highest BCUT2D eigenvalue weighted by Gasteiger charge is 2.32. The van der Waals surface area contributed by atoms with Gasteiger partial charge in [-0.05, 0) is 55.8 Å². The van der Waals surface area contributed by atoms with E-state index in [4.69, 9.17) is 5.26 Å². The first-order valence-electron chi connectivity index (χ1n) is 8.29. The summed E-state index contributed by atoms with van der Waals surface area (Å²) in [5.41, 5.74) is 1.19. The fourth-order valence-corrected chi connectivity index (χ4v) is 5.25. The zero-order valence-electron chi connectivity index (χ0n) is 13.6. The number of hydrogen-bond donors (Lipinski definition) is 1. The highest BCUT2D eigenvalue weighted by molar-refractivity contribution is 7.88. The number of nitrogens with one attached hydrogen (secondary N) is 1. The molecule has 1 aromatic rings.